The number of amides is 1. The molecule has 0 radical (unpaired) electrons. The third-order valence-electron chi connectivity index (χ3n) is 4.02. The van der Waals surface area contributed by atoms with Crippen molar-refractivity contribution >= 4 is 46.6 Å². The van der Waals surface area contributed by atoms with E-state index < -0.39 is 17.1 Å². The fourth-order valence-corrected chi connectivity index (χ4v) is 3.66. The maximum atomic E-state index is 11.7. The second-order valence-corrected chi connectivity index (χ2v) is 7.73. The zero-order valence-corrected chi connectivity index (χ0v) is 17.4. The van der Waals surface area contributed by atoms with Crippen LogP contribution in [-0.4, -0.2) is 40.7 Å². The predicted molar refractivity (Wildman–Crippen MR) is 116 cm³/mol. The van der Waals surface area contributed by atoms with Crippen molar-refractivity contribution in [2.24, 2.45) is 10.2 Å². The number of ether oxygens (including phenoxy) is 2. The fraction of sp³-hybridized carbons (Fsp3) is 0.200. The summed E-state index contributed by atoms with van der Waals surface area (Å²) in [6.07, 6.45) is 1.22. The van der Waals surface area contributed by atoms with E-state index in [-0.39, 0.29) is 18.2 Å². The number of carboxylic acid groups (broad SMARTS) is 1. The number of halogens is 1. The van der Waals surface area contributed by atoms with Gasteiger partial charge >= 0.3 is 5.97 Å². The van der Waals surface area contributed by atoms with Gasteiger partial charge in [-0.3, -0.25) is 9.59 Å². The van der Waals surface area contributed by atoms with Gasteiger partial charge in [0.25, 0.3) is 0 Å². The SMILES string of the molecule is COc1ccc(/C=N/N=C2NC(=O)C(CC(=O)O)S2)cc1OCc1ccccc1Cl. The topological polar surface area (TPSA) is 110 Å². The third kappa shape index (κ3) is 5.74. The van der Waals surface area contributed by atoms with E-state index in [1.165, 1.54) is 6.21 Å². The molecular weight excluding hydrogens is 430 g/mol. The average Bonchev–Trinajstić information content (AvgIpc) is 3.06. The molecule has 156 valence electrons. The van der Waals surface area contributed by atoms with Crippen molar-refractivity contribution in [2.75, 3.05) is 7.11 Å². The fourth-order valence-electron chi connectivity index (χ4n) is 2.55. The van der Waals surface area contributed by atoms with Crippen LogP contribution in [0.1, 0.15) is 17.5 Å². The zero-order valence-electron chi connectivity index (χ0n) is 15.9. The number of aliphatic carboxylic acids is 1. The number of hydrogen-bond donors (Lipinski definition) is 2. The number of amidine groups is 1. The molecule has 0 aliphatic carbocycles. The predicted octanol–water partition coefficient (Wildman–Crippen LogP) is 3.32. The van der Waals surface area contributed by atoms with Crippen LogP contribution in [0.3, 0.4) is 0 Å². The minimum absolute atomic E-state index is 0.256. The Morgan fingerprint density at radius 3 is 2.83 bits per heavy atom. The van der Waals surface area contributed by atoms with Gasteiger partial charge in [-0.25, -0.2) is 0 Å². The lowest BCUT2D eigenvalue weighted by Gasteiger charge is -2.12. The normalized spacial score (nSPS) is 17.3. The maximum absolute atomic E-state index is 11.7. The molecule has 1 heterocycles. The van der Waals surface area contributed by atoms with E-state index in [4.69, 9.17) is 26.2 Å². The largest absolute Gasteiger partial charge is 0.493 e. The van der Waals surface area contributed by atoms with Gasteiger partial charge in [-0.15, -0.1) is 5.10 Å². The molecular formula is C20H18ClN3O5S. The Hall–Kier alpha value is -3.04. The van der Waals surface area contributed by atoms with Gasteiger partial charge in [0.05, 0.1) is 19.7 Å². The van der Waals surface area contributed by atoms with Crippen LogP contribution in [0.25, 0.3) is 0 Å². The molecule has 1 aliphatic rings. The summed E-state index contributed by atoms with van der Waals surface area (Å²) in [5.41, 5.74) is 1.54. The van der Waals surface area contributed by atoms with Crippen molar-refractivity contribution in [3.63, 3.8) is 0 Å². The molecule has 2 aromatic rings. The smallest absolute Gasteiger partial charge is 0.305 e. The first kappa shape index (κ1) is 21.7. The Labute approximate surface area is 181 Å². The molecule has 1 fully saturated rings. The number of carbonyl (C=O) groups is 2. The van der Waals surface area contributed by atoms with E-state index in [0.29, 0.717) is 22.1 Å². The molecule has 1 unspecified atom stereocenters. The van der Waals surface area contributed by atoms with Crippen LogP contribution in [0.2, 0.25) is 5.02 Å². The molecule has 2 N–H and O–H groups in total. The molecule has 10 heteroatoms. The van der Waals surface area contributed by atoms with Crippen LogP contribution in [0, 0.1) is 0 Å². The number of carbonyl (C=O) groups excluding carboxylic acids is 1. The maximum Gasteiger partial charge on any atom is 0.305 e. The average molecular weight is 448 g/mol. The van der Waals surface area contributed by atoms with E-state index in [0.717, 1.165) is 17.3 Å². The summed E-state index contributed by atoms with van der Waals surface area (Å²) >= 11 is 7.20. The first-order valence-corrected chi connectivity index (χ1v) is 10.1. The molecule has 1 atom stereocenters. The van der Waals surface area contributed by atoms with Gasteiger partial charge in [-0.05, 0) is 29.8 Å². The van der Waals surface area contributed by atoms with Crippen LogP contribution >= 0.6 is 23.4 Å². The van der Waals surface area contributed by atoms with E-state index in [1.54, 1.807) is 31.4 Å². The van der Waals surface area contributed by atoms with Crippen molar-refractivity contribution in [1.29, 1.82) is 0 Å². The quantitative estimate of drug-likeness (QED) is 0.474. The van der Waals surface area contributed by atoms with Crippen LogP contribution in [0.4, 0.5) is 0 Å². The highest BCUT2D eigenvalue weighted by molar-refractivity contribution is 8.15. The van der Waals surface area contributed by atoms with Gasteiger partial charge in [0.1, 0.15) is 11.9 Å². The van der Waals surface area contributed by atoms with Gasteiger partial charge in [0.15, 0.2) is 16.7 Å². The highest BCUT2D eigenvalue weighted by atomic mass is 35.5. The molecule has 30 heavy (non-hydrogen) atoms. The van der Waals surface area contributed by atoms with E-state index in [9.17, 15) is 9.59 Å². The van der Waals surface area contributed by atoms with E-state index in [1.807, 2.05) is 18.2 Å². The molecule has 0 saturated carbocycles. The second-order valence-electron chi connectivity index (χ2n) is 6.13. The molecule has 8 nitrogen and oxygen atoms in total. The van der Waals surface area contributed by atoms with Crippen molar-refractivity contribution < 1.29 is 24.2 Å². The molecule has 0 bridgehead atoms. The molecule has 0 aromatic heterocycles. The molecule has 2 aromatic carbocycles. The highest BCUT2D eigenvalue weighted by Gasteiger charge is 2.32. The van der Waals surface area contributed by atoms with Gasteiger partial charge in [-0.1, -0.05) is 41.6 Å². The third-order valence-corrected chi connectivity index (χ3v) is 5.46. The Balaban J connectivity index is 1.68. The summed E-state index contributed by atoms with van der Waals surface area (Å²) in [6, 6.07) is 12.7. The number of rotatable bonds is 8. The first-order valence-electron chi connectivity index (χ1n) is 8.81. The summed E-state index contributed by atoms with van der Waals surface area (Å²) in [5, 5.41) is 19.4. The minimum Gasteiger partial charge on any atom is -0.493 e. The summed E-state index contributed by atoms with van der Waals surface area (Å²) in [7, 11) is 1.55. The summed E-state index contributed by atoms with van der Waals surface area (Å²) in [4.78, 5) is 22.5. The Morgan fingerprint density at radius 1 is 1.30 bits per heavy atom. The van der Waals surface area contributed by atoms with Gasteiger partial charge in [0, 0.05) is 10.6 Å². The van der Waals surface area contributed by atoms with Gasteiger partial charge in [-0.2, -0.15) is 5.10 Å². The molecule has 1 aliphatic heterocycles. The number of methoxy groups -OCH3 is 1. The van der Waals surface area contributed by atoms with Crippen LogP contribution in [0.5, 0.6) is 11.5 Å². The van der Waals surface area contributed by atoms with Crippen molar-refractivity contribution in [3.05, 3.63) is 58.6 Å². The van der Waals surface area contributed by atoms with Gasteiger partial charge in [0.2, 0.25) is 5.91 Å². The summed E-state index contributed by atoms with van der Waals surface area (Å²) in [5.74, 6) is -0.370. The standard InChI is InChI=1S/C20H18ClN3O5S/c1-28-15-7-6-12(8-16(15)29-11-13-4-2-3-5-14(13)21)10-22-24-20-23-19(27)17(30-20)9-18(25)26/h2-8,10,17H,9,11H2,1H3,(H,25,26)(H,23,24,27)/b22-10+. The van der Waals surface area contributed by atoms with Crippen molar-refractivity contribution in [1.82, 2.24) is 5.32 Å². The number of hydrogen-bond acceptors (Lipinski definition) is 7. The van der Waals surface area contributed by atoms with Gasteiger partial charge < -0.3 is 19.9 Å². The van der Waals surface area contributed by atoms with Crippen LogP contribution in [-0.2, 0) is 16.2 Å². The number of carboxylic acids is 1. The second kappa shape index (κ2) is 10.1. The van der Waals surface area contributed by atoms with Crippen molar-refractivity contribution in [2.45, 2.75) is 18.3 Å². The van der Waals surface area contributed by atoms with E-state index in [2.05, 4.69) is 15.5 Å². The number of thioether (sulfide) groups is 1. The lowest BCUT2D eigenvalue weighted by Crippen LogP contribution is -2.26. The summed E-state index contributed by atoms with van der Waals surface area (Å²) in [6.45, 7) is 0.270. The molecule has 1 amide bonds. The Kier molecular flexibility index (Phi) is 7.31. The number of benzene rings is 2. The number of nitrogens with zero attached hydrogens (tertiary/aromatic N) is 2. The van der Waals surface area contributed by atoms with Crippen LogP contribution < -0.4 is 14.8 Å². The highest BCUT2D eigenvalue weighted by Crippen LogP contribution is 2.29. The molecule has 3 rings (SSSR count). The minimum atomic E-state index is -1.05. The lowest BCUT2D eigenvalue weighted by molar-refractivity contribution is -0.138. The Bertz CT molecular complexity index is 1010. The Morgan fingerprint density at radius 2 is 2.10 bits per heavy atom. The van der Waals surface area contributed by atoms with Crippen molar-refractivity contribution in [3.8, 4) is 11.5 Å². The van der Waals surface area contributed by atoms with Crippen LogP contribution in [0.15, 0.2) is 52.7 Å². The first-order chi connectivity index (χ1) is 14.5. The number of nitrogens with one attached hydrogen (secondary N) is 1. The monoisotopic (exact) mass is 447 g/mol. The zero-order chi connectivity index (χ0) is 21.5. The lowest BCUT2D eigenvalue weighted by atomic mass is 10.2. The summed E-state index contributed by atoms with van der Waals surface area (Å²) < 4.78 is 11.2. The molecule has 0 spiro atoms. The van der Waals surface area contributed by atoms with E-state index >= 15 is 0 Å². The molecule has 1 saturated heterocycles.